The van der Waals surface area contributed by atoms with Crippen molar-refractivity contribution in [3.05, 3.63) is 71.9 Å². The summed E-state index contributed by atoms with van der Waals surface area (Å²) in [6.45, 7) is 2.42. The van der Waals surface area contributed by atoms with Crippen LogP contribution in [0.4, 0.5) is 21.3 Å². The Bertz CT molecular complexity index is 1250. The summed E-state index contributed by atoms with van der Waals surface area (Å²) in [4.78, 5) is 24.2. The number of hydrogen-bond donors (Lipinski definition) is 3. The fourth-order valence-electron chi connectivity index (χ4n) is 3.52. The molecule has 0 fully saturated rings. The van der Waals surface area contributed by atoms with E-state index in [4.69, 9.17) is 4.74 Å². The van der Waals surface area contributed by atoms with Gasteiger partial charge in [-0.2, -0.15) is 0 Å². The summed E-state index contributed by atoms with van der Waals surface area (Å²) < 4.78 is 5.88. The summed E-state index contributed by atoms with van der Waals surface area (Å²) >= 11 is 1.47. The molecule has 0 saturated carbocycles. The molecule has 2 heterocycles. The van der Waals surface area contributed by atoms with Crippen LogP contribution in [0.2, 0.25) is 0 Å². The number of thiazole rings is 1. The molecule has 0 bridgehead atoms. The van der Waals surface area contributed by atoms with Crippen molar-refractivity contribution in [2.24, 2.45) is 0 Å². The molecule has 35 heavy (non-hydrogen) atoms. The SMILES string of the molecule is CN(C)CCCOc1ccc2c(NCCc3cnc(NC(=O)Nc4ccccc4)s3)ccnc2c1. The molecule has 0 saturated heterocycles. The van der Waals surface area contributed by atoms with Crippen LogP contribution in [-0.2, 0) is 6.42 Å². The summed E-state index contributed by atoms with van der Waals surface area (Å²) in [5, 5.41) is 10.7. The second kappa shape index (κ2) is 12.1. The molecule has 4 aromatic rings. The van der Waals surface area contributed by atoms with Gasteiger partial charge in [-0.3, -0.25) is 10.3 Å². The van der Waals surface area contributed by atoms with E-state index in [0.29, 0.717) is 11.7 Å². The van der Waals surface area contributed by atoms with Gasteiger partial charge in [0.1, 0.15) is 5.75 Å². The Labute approximate surface area is 209 Å². The zero-order valence-electron chi connectivity index (χ0n) is 20.0. The monoisotopic (exact) mass is 490 g/mol. The number of pyridine rings is 1. The lowest BCUT2D eigenvalue weighted by Crippen LogP contribution is -2.19. The number of para-hydroxylation sites is 1. The highest BCUT2D eigenvalue weighted by atomic mass is 32.1. The topological polar surface area (TPSA) is 91.4 Å². The molecule has 0 atom stereocenters. The highest BCUT2D eigenvalue weighted by Crippen LogP contribution is 2.26. The molecule has 8 nitrogen and oxygen atoms in total. The van der Waals surface area contributed by atoms with E-state index in [2.05, 4.69) is 44.9 Å². The number of hydrogen-bond acceptors (Lipinski definition) is 7. The number of ether oxygens (including phenoxy) is 1. The Morgan fingerprint density at radius 1 is 1.06 bits per heavy atom. The summed E-state index contributed by atoms with van der Waals surface area (Å²) in [7, 11) is 4.12. The first kappa shape index (κ1) is 24.4. The lowest BCUT2D eigenvalue weighted by Gasteiger charge is -2.12. The van der Waals surface area contributed by atoms with E-state index in [1.54, 1.807) is 12.4 Å². The average Bonchev–Trinajstić information content (AvgIpc) is 3.29. The molecule has 3 N–H and O–H groups in total. The number of amides is 2. The van der Waals surface area contributed by atoms with Gasteiger partial charge < -0.3 is 20.3 Å². The van der Waals surface area contributed by atoms with Crippen LogP contribution in [0.1, 0.15) is 11.3 Å². The molecule has 0 aliphatic carbocycles. The van der Waals surface area contributed by atoms with E-state index in [9.17, 15) is 4.79 Å². The van der Waals surface area contributed by atoms with Crippen molar-refractivity contribution in [1.82, 2.24) is 14.9 Å². The molecule has 0 aliphatic rings. The molecule has 2 aromatic heterocycles. The van der Waals surface area contributed by atoms with E-state index < -0.39 is 0 Å². The summed E-state index contributed by atoms with van der Waals surface area (Å²) in [6.07, 6.45) is 5.37. The van der Waals surface area contributed by atoms with Crippen molar-refractivity contribution in [2.75, 3.05) is 49.7 Å². The lowest BCUT2D eigenvalue weighted by molar-refractivity contribution is 0.262. The van der Waals surface area contributed by atoms with Crippen LogP contribution in [0.5, 0.6) is 5.75 Å². The zero-order valence-corrected chi connectivity index (χ0v) is 20.8. The first-order chi connectivity index (χ1) is 17.1. The maximum absolute atomic E-state index is 12.2. The van der Waals surface area contributed by atoms with Crippen molar-refractivity contribution in [3.63, 3.8) is 0 Å². The van der Waals surface area contributed by atoms with Crippen LogP contribution in [0, 0.1) is 0 Å². The van der Waals surface area contributed by atoms with Crippen molar-refractivity contribution in [3.8, 4) is 5.75 Å². The molecular weight excluding hydrogens is 460 g/mol. The second-order valence-electron chi connectivity index (χ2n) is 8.30. The number of urea groups is 1. The highest BCUT2D eigenvalue weighted by molar-refractivity contribution is 7.15. The number of carbonyl (C=O) groups excluding carboxylic acids is 1. The molecule has 0 radical (unpaired) electrons. The Morgan fingerprint density at radius 3 is 2.74 bits per heavy atom. The Kier molecular flexibility index (Phi) is 8.48. The number of fused-ring (bicyclic) bond motifs is 1. The number of aromatic nitrogens is 2. The van der Waals surface area contributed by atoms with Crippen molar-refractivity contribution in [1.29, 1.82) is 0 Å². The minimum Gasteiger partial charge on any atom is -0.493 e. The number of rotatable bonds is 11. The molecule has 0 aliphatic heterocycles. The predicted octanol–water partition coefficient (Wildman–Crippen LogP) is 5.32. The molecule has 182 valence electrons. The number of nitrogens with zero attached hydrogens (tertiary/aromatic N) is 3. The van der Waals surface area contributed by atoms with Gasteiger partial charge in [-0.1, -0.05) is 18.2 Å². The first-order valence-corrected chi connectivity index (χ1v) is 12.4. The lowest BCUT2D eigenvalue weighted by atomic mass is 10.1. The van der Waals surface area contributed by atoms with Gasteiger partial charge in [-0.05, 0) is 50.8 Å². The second-order valence-corrected chi connectivity index (χ2v) is 9.41. The van der Waals surface area contributed by atoms with Gasteiger partial charge >= 0.3 is 6.03 Å². The smallest absolute Gasteiger partial charge is 0.325 e. The number of benzene rings is 2. The first-order valence-electron chi connectivity index (χ1n) is 11.5. The van der Waals surface area contributed by atoms with E-state index in [0.717, 1.165) is 58.8 Å². The van der Waals surface area contributed by atoms with Gasteiger partial charge in [0.15, 0.2) is 5.13 Å². The van der Waals surface area contributed by atoms with E-state index in [-0.39, 0.29) is 6.03 Å². The van der Waals surface area contributed by atoms with Crippen molar-refractivity contribution in [2.45, 2.75) is 12.8 Å². The van der Waals surface area contributed by atoms with Gasteiger partial charge in [0.2, 0.25) is 0 Å². The number of nitrogens with one attached hydrogen (secondary N) is 3. The highest BCUT2D eigenvalue weighted by Gasteiger charge is 2.08. The number of carbonyl (C=O) groups is 1. The van der Waals surface area contributed by atoms with Gasteiger partial charge in [0.05, 0.1) is 12.1 Å². The fraction of sp³-hybridized carbons (Fsp3) is 0.269. The van der Waals surface area contributed by atoms with Gasteiger partial charge in [-0.15, -0.1) is 11.3 Å². The van der Waals surface area contributed by atoms with Crippen LogP contribution >= 0.6 is 11.3 Å². The van der Waals surface area contributed by atoms with Crippen LogP contribution in [0.25, 0.3) is 10.9 Å². The molecule has 0 spiro atoms. The maximum Gasteiger partial charge on any atom is 0.325 e. The van der Waals surface area contributed by atoms with Crippen LogP contribution in [-0.4, -0.2) is 54.7 Å². The zero-order chi connectivity index (χ0) is 24.5. The van der Waals surface area contributed by atoms with Crippen LogP contribution in [0.3, 0.4) is 0 Å². The third-order valence-electron chi connectivity index (χ3n) is 5.23. The maximum atomic E-state index is 12.2. The standard InChI is InChI=1S/C26H30N6O2S/c1-32(2)15-6-16-34-20-9-10-22-23(12-14-28-24(22)17-20)27-13-11-21-18-29-26(35-21)31-25(33)30-19-7-4-3-5-8-19/h3-5,7-10,12,14,17-18H,6,11,13,15-16H2,1-2H3,(H,27,28)(H2,29,30,31,33). The summed E-state index contributed by atoms with van der Waals surface area (Å²) in [6, 6.07) is 17.0. The Hall–Kier alpha value is -3.69. The van der Waals surface area contributed by atoms with E-state index in [1.165, 1.54) is 11.3 Å². The van der Waals surface area contributed by atoms with Crippen molar-refractivity contribution < 1.29 is 9.53 Å². The fourth-order valence-corrected chi connectivity index (χ4v) is 4.33. The van der Waals surface area contributed by atoms with E-state index in [1.807, 2.05) is 54.6 Å². The predicted molar refractivity (Wildman–Crippen MR) is 144 cm³/mol. The largest absolute Gasteiger partial charge is 0.493 e. The van der Waals surface area contributed by atoms with Crippen LogP contribution < -0.4 is 20.7 Å². The van der Waals surface area contributed by atoms with E-state index >= 15 is 0 Å². The molecular formula is C26H30N6O2S. The summed E-state index contributed by atoms with van der Waals surface area (Å²) in [5.41, 5.74) is 2.66. The van der Waals surface area contributed by atoms with Gasteiger partial charge in [0, 0.05) is 59.6 Å². The minimum absolute atomic E-state index is 0.306. The molecule has 2 aromatic carbocycles. The van der Waals surface area contributed by atoms with Gasteiger partial charge in [-0.25, -0.2) is 9.78 Å². The normalized spacial score (nSPS) is 10.9. The molecule has 2 amide bonds. The quantitative estimate of drug-likeness (QED) is 0.247. The third-order valence-corrected chi connectivity index (χ3v) is 6.20. The minimum atomic E-state index is -0.306. The average molecular weight is 491 g/mol. The van der Waals surface area contributed by atoms with Crippen LogP contribution in [0.15, 0.2) is 67.0 Å². The van der Waals surface area contributed by atoms with Crippen molar-refractivity contribution >= 4 is 44.8 Å². The third kappa shape index (κ3) is 7.40. The number of anilines is 3. The summed E-state index contributed by atoms with van der Waals surface area (Å²) in [5.74, 6) is 0.835. The Morgan fingerprint density at radius 2 is 1.91 bits per heavy atom. The molecule has 0 unspecified atom stereocenters. The Balaban J connectivity index is 1.27. The molecule has 9 heteroatoms. The van der Waals surface area contributed by atoms with Gasteiger partial charge in [0.25, 0.3) is 0 Å². The molecule has 4 rings (SSSR count).